The molecule has 0 saturated heterocycles. The van der Waals surface area contributed by atoms with E-state index in [0.29, 0.717) is 0 Å². The van der Waals surface area contributed by atoms with Crippen molar-refractivity contribution in [2.75, 3.05) is 0 Å². The van der Waals surface area contributed by atoms with E-state index in [1.165, 1.54) is 17.7 Å². The number of rotatable bonds is 4. The SMILES string of the molecule is NC(CCc1cccnc1)c1ccc(F)cc1. The van der Waals surface area contributed by atoms with Crippen molar-refractivity contribution in [2.24, 2.45) is 5.73 Å². The van der Waals surface area contributed by atoms with Gasteiger partial charge in [0, 0.05) is 18.4 Å². The lowest BCUT2D eigenvalue weighted by Crippen LogP contribution is -2.11. The van der Waals surface area contributed by atoms with E-state index in [0.717, 1.165) is 18.4 Å². The molecule has 1 unspecified atom stereocenters. The molecule has 1 heterocycles. The topological polar surface area (TPSA) is 38.9 Å². The van der Waals surface area contributed by atoms with E-state index in [-0.39, 0.29) is 11.9 Å². The fraction of sp³-hybridized carbons (Fsp3) is 0.214. The van der Waals surface area contributed by atoms with Crippen LogP contribution in [-0.4, -0.2) is 4.98 Å². The highest BCUT2D eigenvalue weighted by atomic mass is 19.1. The zero-order valence-corrected chi connectivity index (χ0v) is 9.51. The van der Waals surface area contributed by atoms with Gasteiger partial charge in [0.2, 0.25) is 0 Å². The first-order chi connectivity index (χ1) is 8.25. The van der Waals surface area contributed by atoms with Crippen LogP contribution in [0.15, 0.2) is 48.8 Å². The molecule has 88 valence electrons. The Morgan fingerprint density at radius 2 is 1.94 bits per heavy atom. The summed E-state index contributed by atoms with van der Waals surface area (Å²) >= 11 is 0. The van der Waals surface area contributed by atoms with Crippen molar-refractivity contribution in [1.29, 1.82) is 0 Å². The van der Waals surface area contributed by atoms with Crippen LogP contribution in [0.1, 0.15) is 23.6 Å². The lowest BCUT2D eigenvalue weighted by molar-refractivity contribution is 0.619. The molecular weight excluding hydrogens is 215 g/mol. The fourth-order valence-corrected chi connectivity index (χ4v) is 1.74. The highest BCUT2D eigenvalue weighted by molar-refractivity contribution is 5.20. The first-order valence-electron chi connectivity index (χ1n) is 5.65. The molecule has 2 aromatic rings. The second-order valence-electron chi connectivity index (χ2n) is 4.06. The summed E-state index contributed by atoms with van der Waals surface area (Å²) in [7, 11) is 0. The monoisotopic (exact) mass is 230 g/mol. The van der Waals surface area contributed by atoms with E-state index in [1.54, 1.807) is 18.3 Å². The number of hydrogen-bond acceptors (Lipinski definition) is 2. The lowest BCUT2D eigenvalue weighted by Gasteiger charge is -2.11. The van der Waals surface area contributed by atoms with Crippen molar-refractivity contribution in [3.05, 3.63) is 65.7 Å². The molecule has 17 heavy (non-hydrogen) atoms. The zero-order valence-electron chi connectivity index (χ0n) is 9.51. The van der Waals surface area contributed by atoms with Gasteiger partial charge < -0.3 is 5.73 Å². The minimum Gasteiger partial charge on any atom is -0.324 e. The zero-order chi connectivity index (χ0) is 12.1. The van der Waals surface area contributed by atoms with Crippen molar-refractivity contribution >= 4 is 0 Å². The molecular formula is C14H15FN2. The minimum atomic E-state index is -0.229. The van der Waals surface area contributed by atoms with E-state index >= 15 is 0 Å². The number of benzene rings is 1. The van der Waals surface area contributed by atoms with Crippen molar-refractivity contribution in [3.63, 3.8) is 0 Å². The van der Waals surface area contributed by atoms with Gasteiger partial charge in [0.25, 0.3) is 0 Å². The average molecular weight is 230 g/mol. The van der Waals surface area contributed by atoms with Crippen LogP contribution in [0.2, 0.25) is 0 Å². The number of nitrogens with two attached hydrogens (primary N) is 1. The number of nitrogens with zero attached hydrogens (tertiary/aromatic N) is 1. The highest BCUT2D eigenvalue weighted by Gasteiger charge is 2.06. The molecule has 0 radical (unpaired) electrons. The van der Waals surface area contributed by atoms with Crippen molar-refractivity contribution < 1.29 is 4.39 Å². The van der Waals surface area contributed by atoms with Gasteiger partial charge in [-0.05, 0) is 42.2 Å². The van der Waals surface area contributed by atoms with Gasteiger partial charge in [0.05, 0.1) is 0 Å². The Bertz CT molecular complexity index is 453. The third kappa shape index (κ3) is 3.36. The van der Waals surface area contributed by atoms with Crippen LogP contribution in [0.5, 0.6) is 0 Å². The summed E-state index contributed by atoms with van der Waals surface area (Å²) in [5, 5.41) is 0. The summed E-state index contributed by atoms with van der Waals surface area (Å²) in [5.41, 5.74) is 8.19. The maximum Gasteiger partial charge on any atom is 0.123 e. The van der Waals surface area contributed by atoms with Gasteiger partial charge in [0.1, 0.15) is 5.82 Å². The Hall–Kier alpha value is -1.74. The van der Waals surface area contributed by atoms with Crippen LogP contribution >= 0.6 is 0 Å². The van der Waals surface area contributed by atoms with Gasteiger partial charge in [-0.15, -0.1) is 0 Å². The van der Waals surface area contributed by atoms with Crippen LogP contribution in [0.4, 0.5) is 4.39 Å². The van der Waals surface area contributed by atoms with Crippen molar-refractivity contribution in [2.45, 2.75) is 18.9 Å². The van der Waals surface area contributed by atoms with E-state index in [2.05, 4.69) is 4.98 Å². The van der Waals surface area contributed by atoms with Crippen LogP contribution in [0, 0.1) is 5.82 Å². The van der Waals surface area contributed by atoms with Crippen molar-refractivity contribution in [3.8, 4) is 0 Å². The molecule has 0 amide bonds. The summed E-state index contributed by atoms with van der Waals surface area (Å²) < 4.78 is 12.8. The van der Waals surface area contributed by atoms with E-state index in [1.807, 2.05) is 18.3 Å². The molecule has 1 aromatic heterocycles. The molecule has 2 rings (SSSR count). The van der Waals surface area contributed by atoms with Gasteiger partial charge in [-0.25, -0.2) is 4.39 Å². The molecule has 0 aliphatic rings. The first kappa shape index (κ1) is 11.7. The molecule has 0 aliphatic heterocycles. The van der Waals surface area contributed by atoms with Crippen molar-refractivity contribution in [1.82, 2.24) is 4.98 Å². The molecule has 0 saturated carbocycles. The molecule has 0 fully saturated rings. The Kier molecular flexibility index (Phi) is 3.83. The summed E-state index contributed by atoms with van der Waals surface area (Å²) in [5.74, 6) is -0.229. The number of halogens is 1. The normalized spacial score (nSPS) is 12.4. The maximum absolute atomic E-state index is 12.8. The summed E-state index contributed by atoms with van der Waals surface area (Å²) in [4.78, 5) is 4.06. The third-order valence-corrected chi connectivity index (χ3v) is 2.76. The molecule has 0 bridgehead atoms. The summed E-state index contributed by atoms with van der Waals surface area (Å²) in [6.07, 6.45) is 5.31. The molecule has 1 aromatic carbocycles. The largest absolute Gasteiger partial charge is 0.324 e. The van der Waals surface area contributed by atoms with Crippen LogP contribution in [0.25, 0.3) is 0 Å². The van der Waals surface area contributed by atoms with Crippen LogP contribution in [0.3, 0.4) is 0 Å². The lowest BCUT2D eigenvalue weighted by atomic mass is 10.0. The molecule has 1 atom stereocenters. The minimum absolute atomic E-state index is 0.0594. The standard InChI is InChI=1S/C14H15FN2/c15-13-6-4-12(5-7-13)14(16)8-3-11-2-1-9-17-10-11/h1-2,4-7,9-10,14H,3,8,16H2. The Morgan fingerprint density at radius 1 is 1.18 bits per heavy atom. The Labute approximate surface area is 100 Å². The quantitative estimate of drug-likeness (QED) is 0.877. The maximum atomic E-state index is 12.8. The predicted octanol–water partition coefficient (Wildman–Crippen LogP) is 2.85. The van der Waals surface area contributed by atoms with E-state index < -0.39 is 0 Å². The van der Waals surface area contributed by atoms with Gasteiger partial charge in [0.15, 0.2) is 0 Å². The van der Waals surface area contributed by atoms with E-state index in [4.69, 9.17) is 5.73 Å². The first-order valence-corrected chi connectivity index (χ1v) is 5.65. The molecule has 2 N–H and O–H groups in total. The summed E-state index contributed by atoms with van der Waals surface area (Å²) in [6, 6.07) is 10.3. The molecule has 3 heteroatoms. The Balaban J connectivity index is 1.93. The number of aromatic nitrogens is 1. The van der Waals surface area contributed by atoms with Crippen LogP contribution in [-0.2, 0) is 6.42 Å². The highest BCUT2D eigenvalue weighted by Crippen LogP contribution is 2.16. The predicted molar refractivity (Wildman–Crippen MR) is 65.9 cm³/mol. The Morgan fingerprint density at radius 3 is 2.59 bits per heavy atom. The number of pyridine rings is 1. The molecule has 0 aliphatic carbocycles. The van der Waals surface area contributed by atoms with Gasteiger partial charge in [-0.2, -0.15) is 0 Å². The smallest absolute Gasteiger partial charge is 0.123 e. The fourth-order valence-electron chi connectivity index (χ4n) is 1.74. The van der Waals surface area contributed by atoms with Gasteiger partial charge in [-0.1, -0.05) is 18.2 Å². The average Bonchev–Trinajstić information content (AvgIpc) is 2.38. The number of hydrogen-bond donors (Lipinski definition) is 1. The van der Waals surface area contributed by atoms with Gasteiger partial charge >= 0.3 is 0 Å². The molecule has 2 nitrogen and oxygen atoms in total. The third-order valence-electron chi connectivity index (χ3n) is 2.76. The number of aryl methyl sites for hydroxylation is 1. The van der Waals surface area contributed by atoms with E-state index in [9.17, 15) is 4.39 Å². The van der Waals surface area contributed by atoms with Gasteiger partial charge in [-0.3, -0.25) is 4.98 Å². The molecule has 0 spiro atoms. The summed E-state index contributed by atoms with van der Waals surface area (Å²) in [6.45, 7) is 0. The second kappa shape index (κ2) is 5.55. The second-order valence-corrected chi connectivity index (χ2v) is 4.06. The van der Waals surface area contributed by atoms with Crippen LogP contribution < -0.4 is 5.73 Å².